The van der Waals surface area contributed by atoms with Crippen LogP contribution in [0.5, 0.6) is 0 Å². The molecule has 0 rings (SSSR count). The van der Waals surface area contributed by atoms with Crippen LogP contribution in [0, 0.1) is 0 Å². The van der Waals surface area contributed by atoms with E-state index in [-0.39, 0.29) is 0 Å². The minimum absolute atomic E-state index is 0.689. The Morgan fingerprint density at radius 2 is 1.27 bits per heavy atom. The first-order valence-corrected chi connectivity index (χ1v) is 14.2. The van der Waals surface area contributed by atoms with Crippen LogP contribution in [0.2, 0.25) is 6.04 Å². The molecule has 0 radical (unpaired) electrons. The maximum absolute atomic E-state index is 10.9. The van der Waals surface area contributed by atoms with Gasteiger partial charge in [-0.15, -0.1) is 33.2 Å². The lowest BCUT2D eigenvalue weighted by Gasteiger charge is -2.16. The number of carbonyl (C=O) groups is 1. The number of halogens is 4. The summed E-state index contributed by atoms with van der Waals surface area (Å²) in [6.07, 6.45) is 12.5. The van der Waals surface area contributed by atoms with E-state index in [1.807, 2.05) is 0 Å². The van der Waals surface area contributed by atoms with E-state index < -0.39 is 16.3 Å². The summed E-state index contributed by atoms with van der Waals surface area (Å²) < 4.78 is -0.761. The number of hydrogen-bond donors (Lipinski definition) is 1. The maximum atomic E-state index is 10.9. The van der Waals surface area contributed by atoms with E-state index in [1.165, 1.54) is 44.9 Å². The molecule has 0 aliphatic carbocycles. The van der Waals surface area contributed by atoms with Crippen molar-refractivity contribution in [3.63, 3.8) is 0 Å². The molecule has 0 saturated carbocycles. The SMILES string of the molecule is CC(Br)(CCCCCCCCCCCC[Si](Cl)(Cl)Cl)C(=O)O. The van der Waals surface area contributed by atoms with E-state index in [0.717, 1.165) is 25.3 Å². The van der Waals surface area contributed by atoms with Crippen molar-refractivity contribution in [1.29, 1.82) is 0 Å². The topological polar surface area (TPSA) is 37.3 Å². The van der Waals surface area contributed by atoms with Gasteiger partial charge in [-0.25, -0.2) is 0 Å². The Hall–Kier alpha value is 1.04. The zero-order valence-electron chi connectivity index (χ0n) is 13.4. The summed E-state index contributed by atoms with van der Waals surface area (Å²) in [5, 5.41) is 8.98. The normalized spacial score (nSPS) is 14.8. The first-order chi connectivity index (χ1) is 10.2. The second kappa shape index (κ2) is 12.4. The van der Waals surface area contributed by atoms with Gasteiger partial charge in [-0.1, -0.05) is 80.1 Å². The molecule has 0 amide bonds. The number of hydrogen-bond acceptors (Lipinski definition) is 1. The molecular formula is C15H28BrCl3O2Si. The van der Waals surface area contributed by atoms with Gasteiger partial charge in [-0.2, -0.15) is 0 Å². The van der Waals surface area contributed by atoms with Crippen LogP contribution in [-0.2, 0) is 4.79 Å². The Morgan fingerprint density at radius 1 is 0.909 bits per heavy atom. The van der Waals surface area contributed by atoms with E-state index in [4.69, 9.17) is 38.3 Å². The van der Waals surface area contributed by atoms with Gasteiger partial charge in [0.05, 0.1) is 0 Å². The van der Waals surface area contributed by atoms with Crippen LogP contribution >= 0.6 is 49.2 Å². The van der Waals surface area contributed by atoms with Crippen LogP contribution in [-0.4, -0.2) is 21.4 Å². The third-order valence-corrected chi connectivity index (χ3v) is 7.16. The standard InChI is InChI=1S/C15H28BrCl3O2Si/c1-15(16,14(20)21)12-10-8-6-4-2-3-5-7-9-11-13-22(17,18)19/h2-13H2,1H3,(H,20,21). The number of carboxylic acid groups (broad SMARTS) is 1. The van der Waals surface area contributed by atoms with E-state index in [1.54, 1.807) is 6.92 Å². The molecule has 22 heavy (non-hydrogen) atoms. The quantitative estimate of drug-likeness (QED) is 0.131. The lowest BCUT2D eigenvalue weighted by atomic mass is 10.0. The van der Waals surface area contributed by atoms with Gasteiger partial charge in [0.1, 0.15) is 4.32 Å². The summed E-state index contributed by atoms with van der Waals surface area (Å²) in [5.41, 5.74) is 0. The minimum Gasteiger partial charge on any atom is -0.480 e. The first-order valence-electron chi connectivity index (χ1n) is 8.14. The van der Waals surface area contributed by atoms with E-state index >= 15 is 0 Å². The highest BCUT2D eigenvalue weighted by atomic mass is 79.9. The van der Waals surface area contributed by atoms with Gasteiger partial charge in [-0.05, 0) is 19.4 Å². The molecule has 1 atom stereocenters. The predicted molar refractivity (Wildman–Crippen MR) is 104 cm³/mol. The van der Waals surface area contributed by atoms with Crippen molar-refractivity contribution in [1.82, 2.24) is 0 Å². The van der Waals surface area contributed by atoms with Gasteiger partial charge in [-0.3, -0.25) is 4.79 Å². The van der Waals surface area contributed by atoms with Crippen LogP contribution in [0.15, 0.2) is 0 Å². The van der Waals surface area contributed by atoms with Gasteiger partial charge in [0.25, 0.3) is 0 Å². The summed E-state index contributed by atoms with van der Waals surface area (Å²) in [7, 11) is 0. The number of rotatable bonds is 14. The summed E-state index contributed by atoms with van der Waals surface area (Å²) in [6, 6.07) is -1.62. The Labute approximate surface area is 158 Å². The predicted octanol–water partition coefficient (Wildman–Crippen LogP) is 7.17. The molecular weight excluding hydrogens is 427 g/mol. The van der Waals surface area contributed by atoms with Gasteiger partial charge < -0.3 is 5.11 Å². The van der Waals surface area contributed by atoms with Crippen molar-refractivity contribution in [2.75, 3.05) is 0 Å². The summed E-state index contributed by atoms with van der Waals surface area (Å²) in [6.45, 7) is 1.72. The van der Waals surface area contributed by atoms with E-state index in [9.17, 15) is 4.79 Å². The zero-order chi connectivity index (χ0) is 17.1. The smallest absolute Gasteiger partial charge is 0.341 e. The highest BCUT2D eigenvalue weighted by molar-refractivity contribution is 9.10. The highest BCUT2D eigenvalue weighted by Gasteiger charge is 2.28. The number of carboxylic acids is 1. The first kappa shape index (κ1) is 23.0. The summed E-state index contributed by atoms with van der Waals surface area (Å²) in [5.74, 6) is -0.773. The maximum Gasteiger partial charge on any atom is 0.341 e. The molecule has 1 N–H and O–H groups in total. The molecule has 1 unspecified atom stereocenters. The molecule has 0 bridgehead atoms. The van der Waals surface area contributed by atoms with Crippen molar-refractivity contribution >= 4 is 61.1 Å². The minimum atomic E-state index is -2.40. The zero-order valence-corrected chi connectivity index (χ0v) is 18.2. The van der Waals surface area contributed by atoms with Gasteiger partial charge in [0.15, 0.2) is 0 Å². The van der Waals surface area contributed by atoms with Crippen molar-refractivity contribution in [3.05, 3.63) is 0 Å². The summed E-state index contributed by atoms with van der Waals surface area (Å²) >= 11 is 20.8. The van der Waals surface area contributed by atoms with Crippen LogP contribution in [0.4, 0.5) is 0 Å². The fourth-order valence-electron chi connectivity index (χ4n) is 2.30. The second-order valence-electron chi connectivity index (χ2n) is 6.15. The van der Waals surface area contributed by atoms with Crippen LogP contribution in [0.1, 0.15) is 77.6 Å². The van der Waals surface area contributed by atoms with Crippen molar-refractivity contribution in [3.8, 4) is 0 Å². The molecule has 132 valence electrons. The molecule has 0 heterocycles. The molecule has 0 aromatic carbocycles. The van der Waals surface area contributed by atoms with Crippen LogP contribution < -0.4 is 0 Å². The van der Waals surface area contributed by atoms with Gasteiger partial charge >= 0.3 is 12.0 Å². The third-order valence-electron chi connectivity index (χ3n) is 3.80. The molecule has 0 aliphatic rings. The fourth-order valence-corrected chi connectivity index (χ4v) is 4.44. The number of unbranched alkanes of at least 4 members (excludes halogenated alkanes) is 9. The number of alkyl halides is 1. The van der Waals surface area contributed by atoms with Crippen LogP contribution in [0.25, 0.3) is 0 Å². The molecule has 2 nitrogen and oxygen atoms in total. The monoisotopic (exact) mass is 452 g/mol. The lowest BCUT2D eigenvalue weighted by molar-refractivity contribution is -0.139. The molecule has 0 fully saturated rings. The second-order valence-corrected chi connectivity index (χ2v) is 17.2. The van der Waals surface area contributed by atoms with E-state index in [2.05, 4.69) is 15.9 Å². The van der Waals surface area contributed by atoms with E-state index in [0.29, 0.717) is 6.42 Å². The van der Waals surface area contributed by atoms with Crippen LogP contribution in [0.3, 0.4) is 0 Å². The fraction of sp³-hybridized carbons (Fsp3) is 0.933. The largest absolute Gasteiger partial charge is 0.480 e. The average molecular weight is 455 g/mol. The van der Waals surface area contributed by atoms with Gasteiger partial charge in [0, 0.05) is 0 Å². The molecule has 7 heteroatoms. The highest BCUT2D eigenvalue weighted by Crippen LogP contribution is 2.28. The Balaban J connectivity index is 3.26. The molecule has 0 saturated heterocycles. The van der Waals surface area contributed by atoms with Gasteiger partial charge in [0.2, 0.25) is 0 Å². The molecule has 0 aromatic rings. The third kappa shape index (κ3) is 14.6. The summed E-state index contributed by atoms with van der Waals surface area (Å²) in [4.78, 5) is 10.9. The Bertz CT molecular complexity index is 310. The molecule has 0 spiro atoms. The van der Waals surface area contributed by atoms with Crippen molar-refractivity contribution in [2.24, 2.45) is 0 Å². The van der Waals surface area contributed by atoms with Crippen molar-refractivity contribution < 1.29 is 9.90 Å². The Kier molecular flexibility index (Phi) is 13.0. The van der Waals surface area contributed by atoms with Crippen molar-refractivity contribution in [2.45, 2.75) is 87.9 Å². The average Bonchev–Trinajstić information content (AvgIpc) is 2.38. The number of aliphatic carboxylic acids is 1. The molecule has 0 aromatic heterocycles. The Morgan fingerprint density at radius 3 is 1.64 bits per heavy atom. The lowest BCUT2D eigenvalue weighted by Crippen LogP contribution is -2.27. The molecule has 0 aliphatic heterocycles.